The van der Waals surface area contributed by atoms with E-state index in [1.807, 2.05) is 6.07 Å². The SMILES string of the molecule is O=C(CC1CC2CCC1C2)c1ccc2c(c1)CNC2. The molecule has 0 spiro atoms. The Kier molecular flexibility index (Phi) is 2.73. The molecule has 2 heteroatoms. The Morgan fingerprint density at radius 1 is 1.16 bits per heavy atom. The van der Waals surface area contributed by atoms with Gasteiger partial charge >= 0.3 is 0 Å². The predicted octanol–water partition coefficient (Wildman–Crippen LogP) is 3.30. The lowest BCUT2D eigenvalue weighted by Gasteiger charge is -2.20. The topological polar surface area (TPSA) is 29.1 Å². The van der Waals surface area contributed by atoms with Gasteiger partial charge in [-0.2, -0.15) is 0 Å². The largest absolute Gasteiger partial charge is 0.309 e. The van der Waals surface area contributed by atoms with Gasteiger partial charge in [0, 0.05) is 25.1 Å². The van der Waals surface area contributed by atoms with Crippen molar-refractivity contribution in [3.8, 4) is 0 Å². The number of hydrogen-bond donors (Lipinski definition) is 1. The monoisotopic (exact) mass is 255 g/mol. The number of nitrogens with one attached hydrogen (secondary N) is 1. The average molecular weight is 255 g/mol. The van der Waals surface area contributed by atoms with Crippen molar-refractivity contribution in [3.05, 3.63) is 34.9 Å². The van der Waals surface area contributed by atoms with Gasteiger partial charge in [0.25, 0.3) is 0 Å². The number of Topliss-reactive ketones (excluding diaryl/α,β-unsaturated/α-hetero) is 1. The predicted molar refractivity (Wildman–Crippen MR) is 74.9 cm³/mol. The van der Waals surface area contributed by atoms with Crippen LogP contribution in [0.2, 0.25) is 0 Å². The molecule has 4 rings (SSSR count). The molecule has 0 saturated heterocycles. The van der Waals surface area contributed by atoms with Crippen LogP contribution in [0.15, 0.2) is 18.2 Å². The number of rotatable bonds is 3. The minimum atomic E-state index is 0.368. The maximum Gasteiger partial charge on any atom is 0.163 e. The molecule has 1 aliphatic heterocycles. The Bertz CT molecular complexity index is 522. The molecule has 2 aliphatic carbocycles. The lowest BCUT2D eigenvalue weighted by molar-refractivity contribution is 0.0944. The Morgan fingerprint density at radius 3 is 2.84 bits per heavy atom. The Labute approximate surface area is 114 Å². The van der Waals surface area contributed by atoms with Gasteiger partial charge < -0.3 is 5.32 Å². The minimum Gasteiger partial charge on any atom is -0.309 e. The van der Waals surface area contributed by atoms with Crippen molar-refractivity contribution in [2.45, 2.75) is 45.2 Å². The van der Waals surface area contributed by atoms with Crippen LogP contribution in [0.3, 0.4) is 0 Å². The van der Waals surface area contributed by atoms with E-state index in [9.17, 15) is 4.79 Å². The molecular formula is C17H21NO. The zero-order chi connectivity index (χ0) is 12.8. The molecule has 1 heterocycles. The molecule has 2 nitrogen and oxygen atoms in total. The number of hydrogen-bond acceptors (Lipinski definition) is 2. The molecule has 0 amide bonds. The van der Waals surface area contributed by atoms with Gasteiger partial charge in [-0.1, -0.05) is 18.6 Å². The van der Waals surface area contributed by atoms with Gasteiger partial charge in [0.2, 0.25) is 0 Å². The highest BCUT2D eigenvalue weighted by atomic mass is 16.1. The molecule has 2 fully saturated rings. The summed E-state index contributed by atoms with van der Waals surface area (Å²) < 4.78 is 0. The van der Waals surface area contributed by atoms with Crippen LogP contribution in [0.5, 0.6) is 0 Å². The molecular weight excluding hydrogens is 234 g/mol. The van der Waals surface area contributed by atoms with E-state index in [0.29, 0.717) is 11.7 Å². The van der Waals surface area contributed by atoms with Crippen molar-refractivity contribution < 1.29 is 4.79 Å². The smallest absolute Gasteiger partial charge is 0.163 e. The quantitative estimate of drug-likeness (QED) is 0.840. The zero-order valence-electron chi connectivity index (χ0n) is 11.3. The highest BCUT2D eigenvalue weighted by Gasteiger charge is 2.40. The lowest BCUT2D eigenvalue weighted by Crippen LogP contribution is -2.15. The second-order valence-electron chi connectivity index (χ2n) is 6.65. The standard InChI is InChI=1S/C17H21NO/c19-17(8-15-6-11-1-2-12(15)5-11)13-3-4-14-9-18-10-16(14)7-13/h3-4,7,11-12,15,18H,1-2,5-6,8-10H2. The van der Waals surface area contributed by atoms with Gasteiger partial charge in [0.15, 0.2) is 5.78 Å². The summed E-state index contributed by atoms with van der Waals surface area (Å²) in [4.78, 5) is 12.5. The summed E-state index contributed by atoms with van der Waals surface area (Å²) in [5.74, 6) is 2.84. The maximum absolute atomic E-state index is 12.5. The number of fused-ring (bicyclic) bond motifs is 3. The first kappa shape index (κ1) is 11.7. The summed E-state index contributed by atoms with van der Waals surface area (Å²) >= 11 is 0. The molecule has 100 valence electrons. The fourth-order valence-corrected chi connectivity index (χ4v) is 4.45. The molecule has 19 heavy (non-hydrogen) atoms. The van der Waals surface area contributed by atoms with Crippen molar-refractivity contribution in [2.75, 3.05) is 0 Å². The van der Waals surface area contributed by atoms with Crippen LogP contribution in [0.25, 0.3) is 0 Å². The van der Waals surface area contributed by atoms with E-state index in [-0.39, 0.29) is 0 Å². The van der Waals surface area contributed by atoms with Crippen LogP contribution < -0.4 is 5.32 Å². The molecule has 2 bridgehead atoms. The summed E-state index contributed by atoms with van der Waals surface area (Å²) in [6, 6.07) is 6.27. The molecule has 2 saturated carbocycles. The van der Waals surface area contributed by atoms with Crippen LogP contribution in [0.1, 0.15) is 53.6 Å². The number of ketones is 1. The van der Waals surface area contributed by atoms with Gasteiger partial charge in [-0.15, -0.1) is 0 Å². The maximum atomic E-state index is 12.5. The third-order valence-electron chi connectivity index (χ3n) is 5.49. The van der Waals surface area contributed by atoms with Crippen molar-refractivity contribution in [1.29, 1.82) is 0 Å². The normalized spacial score (nSPS) is 31.7. The zero-order valence-corrected chi connectivity index (χ0v) is 11.3. The average Bonchev–Trinajstić information content (AvgIpc) is 3.13. The summed E-state index contributed by atoms with van der Waals surface area (Å²) in [5.41, 5.74) is 3.61. The molecule has 1 aromatic rings. The second kappa shape index (κ2) is 4.45. The number of carbonyl (C=O) groups is 1. The van der Waals surface area contributed by atoms with Crippen LogP contribution >= 0.6 is 0 Å². The van der Waals surface area contributed by atoms with Gasteiger partial charge in [-0.05, 0) is 54.2 Å². The third kappa shape index (κ3) is 2.02. The van der Waals surface area contributed by atoms with Crippen molar-refractivity contribution in [3.63, 3.8) is 0 Å². The molecule has 3 atom stereocenters. The van der Waals surface area contributed by atoms with E-state index in [0.717, 1.165) is 36.9 Å². The first-order chi connectivity index (χ1) is 9.29. The van der Waals surface area contributed by atoms with Crippen molar-refractivity contribution in [1.82, 2.24) is 5.32 Å². The van der Waals surface area contributed by atoms with E-state index in [1.54, 1.807) is 0 Å². The number of carbonyl (C=O) groups excluding carboxylic acids is 1. The summed E-state index contributed by atoms with van der Waals surface area (Å²) in [6.45, 7) is 1.88. The van der Waals surface area contributed by atoms with Gasteiger partial charge in [-0.3, -0.25) is 4.79 Å². The Balaban J connectivity index is 1.48. The first-order valence-corrected chi connectivity index (χ1v) is 7.65. The molecule has 1 N–H and O–H groups in total. The fraction of sp³-hybridized carbons (Fsp3) is 0.588. The van der Waals surface area contributed by atoms with Crippen molar-refractivity contribution >= 4 is 5.78 Å². The van der Waals surface area contributed by atoms with Gasteiger partial charge in [0.1, 0.15) is 0 Å². The first-order valence-electron chi connectivity index (χ1n) is 7.65. The molecule has 1 aromatic carbocycles. The Hall–Kier alpha value is -1.15. The van der Waals surface area contributed by atoms with Crippen molar-refractivity contribution in [2.24, 2.45) is 17.8 Å². The minimum absolute atomic E-state index is 0.368. The molecule has 3 aliphatic rings. The van der Waals surface area contributed by atoms with Crippen LogP contribution in [0.4, 0.5) is 0 Å². The molecule has 0 radical (unpaired) electrons. The summed E-state index contributed by atoms with van der Waals surface area (Å²) in [7, 11) is 0. The van der Waals surface area contributed by atoms with Gasteiger partial charge in [-0.25, -0.2) is 0 Å². The lowest BCUT2D eigenvalue weighted by atomic mass is 9.84. The van der Waals surface area contributed by atoms with Crippen LogP contribution in [-0.4, -0.2) is 5.78 Å². The van der Waals surface area contributed by atoms with E-state index in [2.05, 4.69) is 17.4 Å². The highest BCUT2D eigenvalue weighted by Crippen LogP contribution is 2.49. The van der Waals surface area contributed by atoms with Crippen LogP contribution in [-0.2, 0) is 13.1 Å². The van der Waals surface area contributed by atoms with Crippen LogP contribution in [0, 0.1) is 17.8 Å². The number of benzene rings is 1. The summed E-state index contributed by atoms with van der Waals surface area (Å²) in [5, 5.41) is 3.34. The highest BCUT2D eigenvalue weighted by molar-refractivity contribution is 5.96. The third-order valence-corrected chi connectivity index (χ3v) is 5.49. The Morgan fingerprint density at radius 2 is 2.05 bits per heavy atom. The molecule has 0 aromatic heterocycles. The van der Waals surface area contributed by atoms with E-state index < -0.39 is 0 Å². The van der Waals surface area contributed by atoms with E-state index >= 15 is 0 Å². The van der Waals surface area contributed by atoms with E-state index in [1.165, 1.54) is 36.8 Å². The fourth-order valence-electron chi connectivity index (χ4n) is 4.45. The second-order valence-corrected chi connectivity index (χ2v) is 6.65. The molecule has 3 unspecified atom stereocenters. The van der Waals surface area contributed by atoms with Gasteiger partial charge in [0.05, 0.1) is 0 Å². The van der Waals surface area contributed by atoms with E-state index in [4.69, 9.17) is 0 Å². The summed E-state index contributed by atoms with van der Waals surface area (Å²) in [6.07, 6.45) is 6.28.